The Morgan fingerprint density at radius 3 is 2.43 bits per heavy atom. The minimum absolute atomic E-state index is 0.0763. The van der Waals surface area contributed by atoms with Gasteiger partial charge < -0.3 is 4.90 Å². The van der Waals surface area contributed by atoms with Gasteiger partial charge in [-0.25, -0.2) is 17.4 Å². The third-order valence-electron chi connectivity index (χ3n) is 4.91. The highest BCUT2D eigenvalue weighted by atomic mass is 32.2. The molecule has 9 heteroatoms. The maximum Gasteiger partial charge on any atom is 0.292 e. The van der Waals surface area contributed by atoms with Crippen LogP contribution >= 0.6 is 0 Å². The molecule has 8 nitrogen and oxygen atoms in total. The first-order valence-corrected chi connectivity index (χ1v) is 10.2. The van der Waals surface area contributed by atoms with Crippen molar-refractivity contribution in [1.29, 1.82) is 0 Å². The summed E-state index contributed by atoms with van der Waals surface area (Å²) in [5.41, 5.74) is 2.15. The number of benzene rings is 2. The lowest BCUT2D eigenvalue weighted by atomic mass is 10.2. The van der Waals surface area contributed by atoms with E-state index in [-0.39, 0.29) is 10.6 Å². The van der Waals surface area contributed by atoms with Crippen molar-refractivity contribution in [2.75, 3.05) is 11.4 Å². The van der Waals surface area contributed by atoms with Gasteiger partial charge in [0, 0.05) is 19.0 Å². The zero-order valence-corrected chi connectivity index (χ0v) is 16.2. The molecular weight excluding hydrogens is 380 g/mol. The molecule has 1 aliphatic heterocycles. The Morgan fingerprint density at radius 1 is 1.07 bits per heavy atom. The number of aromatic nitrogens is 2. The zero-order chi connectivity index (χ0) is 20.1. The molecule has 28 heavy (non-hydrogen) atoms. The Balaban J connectivity index is 1.91. The Morgan fingerprint density at radius 2 is 1.75 bits per heavy atom. The molecule has 0 fully saturated rings. The minimum atomic E-state index is -3.91. The van der Waals surface area contributed by atoms with Crippen LogP contribution in [0.25, 0.3) is 0 Å². The number of rotatable bonds is 4. The Labute approximate surface area is 162 Å². The van der Waals surface area contributed by atoms with Gasteiger partial charge in [-0.15, -0.1) is 0 Å². The average molecular weight is 398 g/mol. The standard InChI is InChI=1S/C19H18N4O4S/c1-13-6-5-7-14(2)18(13)28(26,27)22-12-20-15-10-11-21(19(15)22)16-8-3-4-9-17(16)23(24)25/h3-9,12H,10-11H2,1-2H3. The van der Waals surface area contributed by atoms with E-state index in [0.29, 0.717) is 41.3 Å². The molecule has 0 saturated heterocycles. The molecule has 2 aromatic carbocycles. The van der Waals surface area contributed by atoms with Crippen LogP contribution in [-0.4, -0.2) is 28.8 Å². The van der Waals surface area contributed by atoms with E-state index in [2.05, 4.69) is 4.98 Å². The lowest BCUT2D eigenvalue weighted by molar-refractivity contribution is -0.384. The summed E-state index contributed by atoms with van der Waals surface area (Å²) in [7, 11) is -3.91. The normalized spacial score (nSPS) is 13.6. The van der Waals surface area contributed by atoms with Gasteiger partial charge in [-0.1, -0.05) is 30.3 Å². The molecule has 0 spiro atoms. The molecule has 0 bridgehead atoms. The molecule has 1 aliphatic rings. The van der Waals surface area contributed by atoms with Crippen LogP contribution in [0, 0.1) is 24.0 Å². The van der Waals surface area contributed by atoms with Crippen LogP contribution in [0.1, 0.15) is 16.8 Å². The fourth-order valence-electron chi connectivity index (χ4n) is 3.70. The Bertz CT molecular complexity index is 1180. The van der Waals surface area contributed by atoms with Gasteiger partial charge in [0.2, 0.25) is 0 Å². The van der Waals surface area contributed by atoms with E-state index in [1.807, 2.05) is 6.07 Å². The summed E-state index contributed by atoms with van der Waals surface area (Å²) >= 11 is 0. The molecule has 0 atom stereocenters. The van der Waals surface area contributed by atoms with Crippen LogP contribution in [0.15, 0.2) is 53.7 Å². The fraction of sp³-hybridized carbons (Fsp3) is 0.211. The van der Waals surface area contributed by atoms with Crippen LogP contribution in [0.2, 0.25) is 0 Å². The highest BCUT2D eigenvalue weighted by molar-refractivity contribution is 7.90. The first-order chi connectivity index (χ1) is 13.3. The molecule has 2 heterocycles. The second-order valence-corrected chi connectivity index (χ2v) is 8.44. The van der Waals surface area contributed by atoms with Gasteiger partial charge in [0.25, 0.3) is 15.7 Å². The minimum Gasteiger partial charge on any atom is -0.319 e. The maximum absolute atomic E-state index is 13.5. The molecule has 144 valence electrons. The van der Waals surface area contributed by atoms with Crippen molar-refractivity contribution in [1.82, 2.24) is 8.96 Å². The van der Waals surface area contributed by atoms with E-state index < -0.39 is 14.9 Å². The molecule has 0 saturated carbocycles. The highest BCUT2D eigenvalue weighted by Gasteiger charge is 2.35. The van der Waals surface area contributed by atoms with Crippen LogP contribution in [0.4, 0.5) is 17.2 Å². The number of imidazole rings is 1. The first kappa shape index (κ1) is 18.2. The first-order valence-electron chi connectivity index (χ1n) is 8.71. The molecule has 1 aromatic heterocycles. The maximum atomic E-state index is 13.5. The van der Waals surface area contributed by atoms with Crippen LogP contribution in [-0.2, 0) is 16.4 Å². The summed E-state index contributed by atoms with van der Waals surface area (Å²) in [5, 5.41) is 11.5. The van der Waals surface area contributed by atoms with Crippen LogP contribution < -0.4 is 4.90 Å². The third kappa shape index (κ3) is 2.66. The molecule has 0 N–H and O–H groups in total. The summed E-state index contributed by atoms with van der Waals surface area (Å²) in [6, 6.07) is 11.6. The number of nitro benzene ring substituents is 1. The van der Waals surface area contributed by atoms with Crippen molar-refractivity contribution < 1.29 is 13.3 Å². The molecule has 3 aromatic rings. The predicted molar refractivity (Wildman–Crippen MR) is 105 cm³/mol. The summed E-state index contributed by atoms with van der Waals surface area (Å²) in [6.07, 6.45) is 1.80. The van der Waals surface area contributed by atoms with Crippen molar-refractivity contribution in [3.63, 3.8) is 0 Å². The third-order valence-corrected chi connectivity index (χ3v) is 6.85. The van der Waals surface area contributed by atoms with E-state index in [0.717, 1.165) is 3.97 Å². The lowest BCUT2D eigenvalue weighted by Crippen LogP contribution is -2.23. The van der Waals surface area contributed by atoms with Gasteiger partial charge in [0.05, 0.1) is 15.5 Å². The summed E-state index contributed by atoms with van der Waals surface area (Å²) in [5.74, 6) is 0.358. The van der Waals surface area contributed by atoms with Gasteiger partial charge in [0.15, 0.2) is 5.82 Å². The second-order valence-electron chi connectivity index (χ2n) is 6.68. The smallest absolute Gasteiger partial charge is 0.292 e. The molecule has 0 aliphatic carbocycles. The van der Waals surface area contributed by atoms with Crippen molar-refractivity contribution in [2.45, 2.75) is 25.2 Å². The number of para-hydroxylation sites is 2. The van der Waals surface area contributed by atoms with Gasteiger partial charge >= 0.3 is 0 Å². The topological polar surface area (TPSA) is 98.3 Å². The molecule has 0 amide bonds. The van der Waals surface area contributed by atoms with Gasteiger partial charge in [0.1, 0.15) is 12.0 Å². The molecule has 4 rings (SSSR count). The number of nitro groups is 1. The molecular formula is C19H18N4O4S. The van der Waals surface area contributed by atoms with E-state index >= 15 is 0 Å². The second kappa shape index (κ2) is 6.45. The average Bonchev–Trinajstić information content (AvgIpc) is 3.23. The summed E-state index contributed by atoms with van der Waals surface area (Å²) in [6.45, 7) is 3.92. The summed E-state index contributed by atoms with van der Waals surface area (Å²) < 4.78 is 28.0. The highest BCUT2D eigenvalue weighted by Crippen LogP contribution is 2.40. The zero-order valence-electron chi connectivity index (χ0n) is 15.4. The number of anilines is 2. The van der Waals surface area contributed by atoms with Crippen molar-refractivity contribution in [3.8, 4) is 0 Å². The quantitative estimate of drug-likeness (QED) is 0.494. The van der Waals surface area contributed by atoms with Gasteiger partial charge in [-0.05, 0) is 31.0 Å². The van der Waals surface area contributed by atoms with Crippen molar-refractivity contribution in [3.05, 3.63) is 75.7 Å². The number of fused-ring (bicyclic) bond motifs is 1. The van der Waals surface area contributed by atoms with E-state index in [1.165, 1.54) is 12.4 Å². The SMILES string of the molecule is Cc1cccc(C)c1S(=O)(=O)n1cnc2c1N(c1ccccc1[N+](=O)[O-])CC2. The summed E-state index contributed by atoms with van der Waals surface area (Å²) in [4.78, 5) is 17.2. The van der Waals surface area contributed by atoms with E-state index in [9.17, 15) is 18.5 Å². The number of hydrogen-bond donors (Lipinski definition) is 0. The Kier molecular flexibility index (Phi) is 4.19. The van der Waals surface area contributed by atoms with Gasteiger partial charge in [-0.2, -0.15) is 0 Å². The van der Waals surface area contributed by atoms with Crippen molar-refractivity contribution >= 4 is 27.2 Å². The number of nitrogens with zero attached hydrogens (tertiary/aromatic N) is 4. The largest absolute Gasteiger partial charge is 0.319 e. The Hall–Kier alpha value is -3.20. The number of aryl methyl sites for hydroxylation is 2. The molecule has 0 unspecified atom stereocenters. The fourth-order valence-corrected chi connectivity index (χ4v) is 5.45. The van der Waals surface area contributed by atoms with E-state index in [1.54, 1.807) is 49.1 Å². The van der Waals surface area contributed by atoms with Crippen LogP contribution in [0.3, 0.4) is 0 Å². The molecule has 0 radical (unpaired) electrons. The number of hydrogen-bond acceptors (Lipinski definition) is 6. The lowest BCUT2D eigenvalue weighted by Gasteiger charge is -2.21. The van der Waals surface area contributed by atoms with Gasteiger partial charge in [-0.3, -0.25) is 10.1 Å². The van der Waals surface area contributed by atoms with Crippen molar-refractivity contribution in [2.24, 2.45) is 0 Å². The van der Waals surface area contributed by atoms with E-state index in [4.69, 9.17) is 0 Å². The predicted octanol–water partition coefficient (Wildman–Crippen LogP) is 3.34. The monoisotopic (exact) mass is 398 g/mol. The van der Waals surface area contributed by atoms with Crippen LogP contribution in [0.5, 0.6) is 0 Å².